The highest BCUT2D eigenvalue weighted by molar-refractivity contribution is 6.36. The predicted octanol–water partition coefficient (Wildman–Crippen LogP) is 2.84. The van der Waals surface area contributed by atoms with Crippen LogP contribution in [0.25, 0.3) is 11.1 Å². The molecule has 0 amide bonds. The first kappa shape index (κ1) is 14.5. The van der Waals surface area contributed by atoms with E-state index in [2.05, 4.69) is 0 Å². The Balaban J connectivity index is 2.53. The molecule has 0 spiro atoms. The van der Waals surface area contributed by atoms with E-state index in [0.717, 1.165) is 5.56 Å². The Morgan fingerprint density at radius 1 is 1.30 bits per heavy atom. The normalized spacial score (nSPS) is 10.5. The van der Waals surface area contributed by atoms with E-state index in [1.807, 2.05) is 18.2 Å². The first-order chi connectivity index (χ1) is 9.69. The third kappa shape index (κ3) is 2.81. The van der Waals surface area contributed by atoms with E-state index in [1.165, 1.54) is 0 Å². The Morgan fingerprint density at radius 2 is 2.05 bits per heavy atom. The van der Waals surface area contributed by atoms with Gasteiger partial charge < -0.3 is 9.30 Å². The van der Waals surface area contributed by atoms with Crippen LogP contribution in [0, 0.1) is 0 Å². The first-order valence-electron chi connectivity index (χ1n) is 6.11. The maximum atomic E-state index is 11.9. The topological polar surface area (TPSA) is 48.3 Å². The van der Waals surface area contributed by atoms with Gasteiger partial charge in [-0.3, -0.25) is 9.59 Å². The fraction of sp³-hybridized carbons (Fsp3) is 0.200. The number of benzene rings is 1. The molecule has 2 rings (SSSR count). The molecule has 1 aromatic heterocycles. The number of rotatable bonds is 6. The van der Waals surface area contributed by atoms with Crippen LogP contribution in [0.3, 0.4) is 0 Å². The lowest BCUT2D eigenvalue weighted by Gasteiger charge is -2.09. The molecule has 0 aliphatic heterocycles. The molecule has 0 N–H and O–H groups in total. The van der Waals surface area contributed by atoms with Gasteiger partial charge in [-0.2, -0.15) is 0 Å². The Bertz CT molecular complexity index is 634. The molecule has 0 aliphatic carbocycles. The van der Waals surface area contributed by atoms with Crippen molar-refractivity contribution in [3.63, 3.8) is 0 Å². The van der Waals surface area contributed by atoms with Crippen molar-refractivity contribution in [2.45, 2.75) is 6.54 Å². The monoisotopic (exact) mass is 291 g/mol. The maximum absolute atomic E-state index is 11.9. The number of hydrogen-bond acceptors (Lipinski definition) is 3. The molecule has 5 heteroatoms. The summed E-state index contributed by atoms with van der Waals surface area (Å²) in [7, 11) is 1.58. The Morgan fingerprint density at radius 3 is 2.70 bits per heavy atom. The molecule has 0 saturated carbocycles. The number of Topliss-reactive ketones (excluding diaryl/α,β-unsaturated/α-hetero) is 1. The second kappa shape index (κ2) is 6.50. The van der Waals surface area contributed by atoms with E-state index in [9.17, 15) is 9.59 Å². The molecular formula is C15H14ClNO3. The zero-order valence-corrected chi connectivity index (χ0v) is 11.8. The molecule has 0 radical (unpaired) electrons. The second-order valence-electron chi connectivity index (χ2n) is 4.23. The van der Waals surface area contributed by atoms with Crippen molar-refractivity contribution < 1.29 is 14.3 Å². The van der Waals surface area contributed by atoms with Crippen LogP contribution in [0.4, 0.5) is 0 Å². The van der Waals surface area contributed by atoms with Crippen molar-refractivity contribution in [2.75, 3.05) is 13.7 Å². The third-order valence-electron chi connectivity index (χ3n) is 3.00. The summed E-state index contributed by atoms with van der Waals surface area (Å²) in [5.41, 5.74) is 1.73. The second-order valence-corrected chi connectivity index (χ2v) is 4.63. The highest BCUT2D eigenvalue weighted by Gasteiger charge is 2.18. The fourth-order valence-corrected chi connectivity index (χ4v) is 2.31. The average Bonchev–Trinajstić information content (AvgIpc) is 2.88. The minimum absolute atomic E-state index is 0.318. The van der Waals surface area contributed by atoms with E-state index in [-0.39, 0.29) is 0 Å². The highest BCUT2D eigenvalue weighted by Crippen LogP contribution is 2.31. The molecule has 0 atom stereocenters. The Labute approximate surface area is 121 Å². The van der Waals surface area contributed by atoms with Gasteiger partial charge in [0.05, 0.1) is 6.61 Å². The summed E-state index contributed by atoms with van der Waals surface area (Å²) in [6.07, 6.45) is 2.08. The zero-order valence-electron chi connectivity index (χ0n) is 11.0. The molecule has 104 valence electrons. The van der Waals surface area contributed by atoms with Gasteiger partial charge in [0.1, 0.15) is 5.69 Å². The van der Waals surface area contributed by atoms with E-state index in [1.54, 1.807) is 30.0 Å². The summed E-state index contributed by atoms with van der Waals surface area (Å²) in [6, 6.07) is 9.00. The lowest BCUT2D eigenvalue weighted by Crippen LogP contribution is -2.13. The van der Waals surface area contributed by atoms with Crippen LogP contribution < -0.4 is 0 Å². The van der Waals surface area contributed by atoms with E-state index < -0.39 is 5.78 Å². The van der Waals surface area contributed by atoms with Gasteiger partial charge in [0.25, 0.3) is 0 Å². The van der Waals surface area contributed by atoms with Gasteiger partial charge in [-0.05, 0) is 12.1 Å². The van der Waals surface area contributed by atoms with E-state index in [4.69, 9.17) is 16.3 Å². The van der Waals surface area contributed by atoms with Crippen LogP contribution >= 0.6 is 11.6 Å². The van der Waals surface area contributed by atoms with E-state index >= 15 is 0 Å². The maximum Gasteiger partial charge on any atom is 0.242 e. The summed E-state index contributed by atoms with van der Waals surface area (Å²) in [6.45, 7) is 0.950. The summed E-state index contributed by atoms with van der Waals surface area (Å²) >= 11 is 6.16. The minimum atomic E-state index is -0.568. The van der Waals surface area contributed by atoms with Crippen LogP contribution in [-0.4, -0.2) is 30.4 Å². The van der Waals surface area contributed by atoms with Crippen molar-refractivity contribution in [2.24, 2.45) is 0 Å². The number of ether oxygens (including phenoxy) is 1. The van der Waals surface area contributed by atoms with Crippen molar-refractivity contribution in [1.82, 2.24) is 4.57 Å². The van der Waals surface area contributed by atoms with Crippen LogP contribution in [0.15, 0.2) is 36.5 Å². The van der Waals surface area contributed by atoms with Gasteiger partial charge in [0, 0.05) is 36.0 Å². The SMILES string of the molecule is COCCn1ccc(-c2ccccc2Cl)c1C(=O)C=O. The number of nitrogens with zero attached hydrogens (tertiary/aromatic N) is 1. The summed E-state index contributed by atoms with van der Waals surface area (Å²) in [5, 5.41) is 0.539. The minimum Gasteiger partial charge on any atom is -0.383 e. The molecule has 0 bridgehead atoms. The summed E-state index contributed by atoms with van der Waals surface area (Å²) in [5.74, 6) is -0.568. The van der Waals surface area contributed by atoms with Gasteiger partial charge in [-0.1, -0.05) is 29.8 Å². The van der Waals surface area contributed by atoms with Crippen LogP contribution in [-0.2, 0) is 16.1 Å². The molecule has 20 heavy (non-hydrogen) atoms. The predicted molar refractivity (Wildman–Crippen MR) is 77.1 cm³/mol. The number of halogens is 1. The van der Waals surface area contributed by atoms with Gasteiger partial charge in [0.15, 0.2) is 6.29 Å². The molecule has 0 fully saturated rings. The molecular weight excluding hydrogens is 278 g/mol. The smallest absolute Gasteiger partial charge is 0.242 e. The fourth-order valence-electron chi connectivity index (χ4n) is 2.08. The Kier molecular flexibility index (Phi) is 4.71. The van der Waals surface area contributed by atoms with Gasteiger partial charge in [0.2, 0.25) is 5.78 Å². The number of hydrogen-bond donors (Lipinski definition) is 0. The zero-order chi connectivity index (χ0) is 14.5. The average molecular weight is 292 g/mol. The highest BCUT2D eigenvalue weighted by atomic mass is 35.5. The van der Waals surface area contributed by atoms with Crippen molar-refractivity contribution >= 4 is 23.7 Å². The molecule has 1 heterocycles. The van der Waals surface area contributed by atoms with Gasteiger partial charge >= 0.3 is 0 Å². The number of aromatic nitrogens is 1. The molecule has 2 aromatic rings. The number of ketones is 1. The lowest BCUT2D eigenvalue weighted by molar-refractivity contribution is -0.104. The molecule has 0 aliphatic rings. The summed E-state index contributed by atoms with van der Waals surface area (Å²) in [4.78, 5) is 22.8. The Hall–Kier alpha value is -1.91. The van der Waals surface area contributed by atoms with Gasteiger partial charge in [-0.25, -0.2) is 0 Å². The molecule has 1 aromatic carbocycles. The van der Waals surface area contributed by atoms with Crippen LogP contribution in [0.5, 0.6) is 0 Å². The van der Waals surface area contributed by atoms with Crippen LogP contribution in [0.1, 0.15) is 10.5 Å². The number of carbonyl (C=O) groups excluding carboxylic acids is 2. The number of methoxy groups -OCH3 is 1. The van der Waals surface area contributed by atoms with Crippen molar-refractivity contribution in [1.29, 1.82) is 0 Å². The quantitative estimate of drug-likeness (QED) is 0.467. The van der Waals surface area contributed by atoms with Crippen molar-refractivity contribution in [3.8, 4) is 11.1 Å². The molecule has 0 saturated heterocycles. The van der Waals surface area contributed by atoms with Crippen molar-refractivity contribution in [3.05, 3.63) is 47.2 Å². The summed E-state index contributed by atoms with van der Waals surface area (Å²) < 4.78 is 6.71. The van der Waals surface area contributed by atoms with Gasteiger partial charge in [-0.15, -0.1) is 0 Å². The van der Waals surface area contributed by atoms with E-state index in [0.29, 0.717) is 35.7 Å². The lowest BCUT2D eigenvalue weighted by atomic mass is 10.0. The van der Waals surface area contributed by atoms with Crippen LogP contribution in [0.2, 0.25) is 5.02 Å². The molecule has 4 nitrogen and oxygen atoms in total. The standard InChI is InChI=1S/C15H14ClNO3/c1-20-9-8-17-7-6-12(15(17)14(19)10-18)11-4-2-3-5-13(11)16/h2-7,10H,8-9H2,1H3. The largest absolute Gasteiger partial charge is 0.383 e. The number of carbonyl (C=O) groups is 2. The molecule has 0 unspecified atom stereocenters. The first-order valence-corrected chi connectivity index (χ1v) is 6.49. The third-order valence-corrected chi connectivity index (χ3v) is 3.33. The number of aldehydes is 1.